The van der Waals surface area contributed by atoms with Gasteiger partial charge in [0.1, 0.15) is 11.5 Å². The van der Waals surface area contributed by atoms with Gasteiger partial charge in [-0.15, -0.1) is 10.2 Å². The van der Waals surface area contributed by atoms with Crippen LogP contribution in [0, 0.1) is 6.92 Å². The van der Waals surface area contributed by atoms with Crippen LogP contribution in [0.4, 0.5) is 0 Å². The highest BCUT2D eigenvalue weighted by Gasteiger charge is 2.20. The Morgan fingerprint density at radius 3 is 2.51 bits per heavy atom. The van der Waals surface area contributed by atoms with Crippen LogP contribution in [0.2, 0.25) is 0 Å². The van der Waals surface area contributed by atoms with Gasteiger partial charge < -0.3 is 9.47 Å². The predicted molar refractivity (Wildman–Crippen MR) is 135 cm³/mol. The second kappa shape index (κ2) is 9.27. The highest BCUT2D eigenvalue weighted by molar-refractivity contribution is 7.99. The van der Waals surface area contributed by atoms with Gasteiger partial charge in [-0.3, -0.25) is 14.0 Å². The predicted octanol–water partition coefficient (Wildman–Crippen LogP) is 4.33. The molecule has 5 aromatic rings. The fraction of sp³-hybridized carbons (Fsp3) is 0.154. The van der Waals surface area contributed by atoms with Crippen molar-refractivity contribution < 1.29 is 14.3 Å². The van der Waals surface area contributed by atoms with Crippen molar-refractivity contribution >= 4 is 34.2 Å². The Bertz CT molecular complexity index is 1640. The van der Waals surface area contributed by atoms with E-state index >= 15 is 0 Å². The van der Waals surface area contributed by atoms with E-state index in [0.29, 0.717) is 38.9 Å². The summed E-state index contributed by atoms with van der Waals surface area (Å²) in [6.07, 6.45) is 0. The lowest BCUT2D eigenvalue weighted by Crippen LogP contribution is -2.22. The molecule has 0 unspecified atom stereocenters. The largest absolute Gasteiger partial charge is 0.497 e. The fourth-order valence-corrected chi connectivity index (χ4v) is 4.86. The zero-order valence-electron chi connectivity index (χ0n) is 19.4. The van der Waals surface area contributed by atoms with Gasteiger partial charge in [0.15, 0.2) is 10.9 Å². The van der Waals surface area contributed by atoms with E-state index in [4.69, 9.17) is 9.47 Å². The van der Waals surface area contributed by atoms with Crippen molar-refractivity contribution in [2.45, 2.75) is 12.1 Å². The van der Waals surface area contributed by atoms with Gasteiger partial charge in [0, 0.05) is 6.07 Å². The monoisotopic (exact) mass is 486 g/mol. The fourth-order valence-electron chi connectivity index (χ4n) is 4.04. The van der Waals surface area contributed by atoms with E-state index in [2.05, 4.69) is 10.2 Å². The van der Waals surface area contributed by atoms with Crippen LogP contribution in [0.25, 0.3) is 22.4 Å². The number of carbonyl (C=O) groups is 1. The van der Waals surface area contributed by atoms with E-state index < -0.39 is 0 Å². The van der Waals surface area contributed by atoms with E-state index in [9.17, 15) is 9.59 Å². The molecule has 0 bridgehead atoms. The molecule has 2 aromatic heterocycles. The molecule has 0 radical (unpaired) electrons. The molecule has 2 heterocycles. The van der Waals surface area contributed by atoms with Crippen molar-refractivity contribution in [1.29, 1.82) is 0 Å². The van der Waals surface area contributed by atoms with Crippen LogP contribution in [0.5, 0.6) is 11.5 Å². The zero-order valence-corrected chi connectivity index (χ0v) is 20.2. The maximum absolute atomic E-state index is 13.5. The number of para-hydroxylation sites is 2. The number of ketones is 1. The van der Waals surface area contributed by atoms with Crippen molar-refractivity contribution in [2.75, 3.05) is 20.0 Å². The average molecular weight is 487 g/mol. The zero-order chi connectivity index (χ0) is 24.5. The summed E-state index contributed by atoms with van der Waals surface area (Å²) < 4.78 is 14.0. The normalized spacial score (nSPS) is 11.2. The minimum atomic E-state index is -0.176. The Kier molecular flexibility index (Phi) is 6.00. The molecule has 9 heteroatoms. The second-order valence-electron chi connectivity index (χ2n) is 7.84. The van der Waals surface area contributed by atoms with Gasteiger partial charge in [-0.25, -0.2) is 4.57 Å². The van der Waals surface area contributed by atoms with Crippen LogP contribution in [0.1, 0.15) is 15.9 Å². The molecule has 0 aliphatic carbocycles. The lowest BCUT2D eigenvalue weighted by atomic mass is 10.1. The smallest absolute Gasteiger partial charge is 0.267 e. The topological polar surface area (TPSA) is 87.7 Å². The van der Waals surface area contributed by atoms with Crippen LogP contribution >= 0.6 is 11.8 Å². The van der Waals surface area contributed by atoms with Gasteiger partial charge in [0.25, 0.3) is 5.56 Å². The molecule has 5 rings (SSSR count). The van der Waals surface area contributed by atoms with E-state index in [-0.39, 0.29) is 17.1 Å². The first kappa shape index (κ1) is 22.7. The number of aryl methyl sites for hydroxylation is 1. The van der Waals surface area contributed by atoms with E-state index in [1.54, 1.807) is 35.9 Å². The maximum atomic E-state index is 13.5. The summed E-state index contributed by atoms with van der Waals surface area (Å²) in [5.74, 6) is 1.43. The lowest BCUT2D eigenvalue weighted by molar-refractivity contribution is 0.101. The van der Waals surface area contributed by atoms with E-state index in [0.717, 1.165) is 11.3 Å². The number of carbonyl (C=O) groups excluding carboxylic acids is 1. The van der Waals surface area contributed by atoms with Crippen LogP contribution < -0.4 is 15.0 Å². The number of ether oxygens (including phenoxy) is 2. The summed E-state index contributed by atoms with van der Waals surface area (Å²) in [6, 6.07) is 20.1. The number of fused-ring (bicyclic) bond motifs is 3. The molecule has 0 aliphatic heterocycles. The van der Waals surface area contributed by atoms with Crippen LogP contribution in [0.15, 0.2) is 76.7 Å². The third-order valence-corrected chi connectivity index (χ3v) is 6.72. The van der Waals surface area contributed by atoms with Gasteiger partial charge in [-0.2, -0.15) is 0 Å². The van der Waals surface area contributed by atoms with Crippen LogP contribution in [-0.4, -0.2) is 44.9 Å². The second-order valence-corrected chi connectivity index (χ2v) is 8.78. The molecule has 0 aliphatic rings. The number of hydrogen-bond acceptors (Lipinski definition) is 7. The minimum Gasteiger partial charge on any atom is -0.497 e. The number of rotatable bonds is 7. The first-order chi connectivity index (χ1) is 17.0. The molecule has 0 saturated carbocycles. The Hall–Kier alpha value is -4.11. The number of thioether (sulfide) groups is 1. The molecule has 8 nitrogen and oxygen atoms in total. The summed E-state index contributed by atoms with van der Waals surface area (Å²) in [6.45, 7) is 1.94. The van der Waals surface area contributed by atoms with Gasteiger partial charge >= 0.3 is 0 Å². The third-order valence-electron chi connectivity index (χ3n) is 5.79. The molecular weight excluding hydrogens is 464 g/mol. The molecule has 176 valence electrons. The summed E-state index contributed by atoms with van der Waals surface area (Å²) in [7, 11) is 3.07. The van der Waals surface area contributed by atoms with Crippen molar-refractivity contribution in [2.24, 2.45) is 0 Å². The summed E-state index contributed by atoms with van der Waals surface area (Å²) >= 11 is 1.26. The van der Waals surface area contributed by atoms with E-state index in [1.807, 2.05) is 53.8 Å². The average Bonchev–Trinajstić information content (AvgIpc) is 3.31. The highest BCUT2D eigenvalue weighted by Crippen LogP contribution is 2.28. The number of Topliss-reactive ketones (excluding diaryl/α,β-unsaturated/α-hetero) is 1. The van der Waals surface area contributed by atoms with Gasteiger partial charge in [-0.1, -0.05) is 42.1 Å². The van der Waals surface area contributed by atoms with Crippen molar-refractivity contribution in [1.82, 2.24) is 19.2 Å². The molecule has 3 aromatic carbocycles. The SMILES string of the molecule is COc1ccc(C(=O)CSc2nnc3n(-c4ccccc4C)c(=O)c4ccccc4n23)c(OC)c1. The Balaban J connectivity index is 1.60. The third kappa shape index (κ3) is 3.93. The number of methoxy groups -OCH3 is 2. The quantitative estimate of drug-likeness (QED) is 0.250. The van der Waals surface area contributed by atoms with Gasteiger partial charge in [0.05, 0.1) is 42.1 Å². The highest BCUT2D eigenvalue weighted by atomic mass is 32.2. The molecule has 0 amide bonds. The minimum absolute atomic E-state index is 0.112. The number of benzene rings is 3. The standard InChI is InChI=1S/C26H22N4O4S/c1-16-8-4-6-10-20(16)29-24(32)18-9-5-7-11-21(18)30-25(29)27-28-26(30)35-15-22(31)19-13-12-17(33-2)14-23(19)34-3/h4-14H,15H2,1-3H3. The first-order valence-electron chi connectivity index (χ1n) is 10.9. The summed E-state index contributed by atoms with van der Waals surface area (Å²) in [4.78, 5) is 26.5. The van der Waals surface area contributed by atoms with Crippen molar-refractivity contribution in [3.8, 4) is 17.2 Å². The summed E-state index contributed by atoms with van der Waals surface area (Å²) in [5.41, 5.74) is 2.63. The summed E-state index contributed by atoms with van der Waals surface area (Å²) in [5, 5.41) is 9.76. The molecule has 0 atom stereocenters. The Morgan fingerprint density at radius 2 is 1.74 bits per heavy atom. The molecule has 0 spiro atoms. The first-order valence-corrected chi connectivity index (χ1v) is 11.8. The number of aromatic nitrogens is 4. The van der Waals surface area contributed by atoms with Crippen molar-refractivity contribution in [3.63, 3.8) is 0 Å². The molecule has 0 saturated heterocycles. The number of nitrogens with zero attached hydrogens (tertiary/aromatic N) is 4. The maximum Gasteiger partial charge on any atom is 0.267 e. The van der Waals surface area contributed by atoms with Gasteiger partial charge in [0.2, 0.25) is 5.78 Å². The lowest BCUT2D eigenvalue weighted by Gasteiger charge is -2.13. The Labute approximate surface area is 205 Å². The van der Waals surface area contributed by atoms with E-state index in [1.165, 1.54) is 18.9 Å². The van der Waals surface area contributed by atoms with Gasteiger partial charge in [-0.05, 0) is 42.8 Å². The van der Waals surface area contributed by atoms with Crippen LogP contribution in [0.3, 0.4) is 0 Å². The Morgan fingerprint density at radius 1 is 0.971 bits per heavy atom. The molecule has 0 fully saturated rings. The molecule has 0 N–H and O–H groups in total. The number of hydrogen-bond donors (Lipinski definition) is 0. The molecule has 35 heavy (non-hydrogen) atoms. The van der Waals surface area contributed by atoms with Crippen molar-refractivity contribution in [3.05, 3.63) is 88.2 Å². The molecular formula is C26H22N4O4S. The van der Waals surface area contributed by atoms with Crippen LogP contribution in [-0.2, 0) is 0 Å².